The van der Waals surface area contributed by atoms with Gasteiger partial charge in [-0.3, -0.25) is 9.78 Å². The van der Waals surface area contributed by atoms with Crippen LogP contribution in [0.1, 0.15) is 74.7 Å². The maximum Gasteiger partial charge on any atom is 0.163 e. The van der Waals surface area contributed by atoms with Crippen LogP contribution in [-0.2, 0) is 6.54 Å². The quantitative estimate of drug-likeness (QED) is 0.230. The second-order valence-electron chi connectivity index (χ2n) is 9.54. The molecule has 0 saturated heterocycles. The highest BCUT2D eigenvalue weighted by molar-refractivity contribution is 6.36. The van der Waals surface area contributed by atoms with Crippen molar-refractivity contribution in [1.82, 2.24) is 4.98 Å². The number of benzene rings is 2. The zero-order chi connectivity index (χ0) is 24.9. The van der Waals surface area contributed by atoms with Gasteiger partial charge in [-0.25, -0.2) is 0 Å². The fourth-order valence-electron chi connectivity index (χ4n) is 5.07. The van der Waals surface area contributed by atoms with Gasteiger partial charge in [-0.2, -0.15) is 4.91 Å². The summed E-state index contributed by atoms with van der Waals surface area (Å²) in [7, 11) is 0. The number of Topliss-reactive ketones (excluding diaryl/α,β-unsaturated/α-hetero) is 1. The van der Waals surface area contributed by atoms with E-state index >= 15 is 0 Å². The smallest absolute Gasteiger partial charge is 0.163 e. The molecule has 4 rings (SSSR count). The molecule has 1 fully saturated rings. The van der Waals surface area contributed by atoms with Gasteiger partial charge in [-0.1, -0.05) is 60.6 Å². The molecule has 1 saturated carbocycles. The average molecular weight is 512 g/mol. The Kier molecular flexibility index (Phi) is 8.40. The van der Waals surface area contributed by atoms with Gasteiger partial charge in [0.05, 0.1) is 16.8 Å². The van der Waals surface area contributed by atoms with Crippen LogP contribution >= 0.6 is 23.2 Å². The summed E-state index contributed by atoms with van der Waals surface area (Å²) in [5.74, 6) is 0.800. The molecule has 7 heteroatoms. The molecule has 0 spiro atoms. The topological polar surface area (TPSA) is 71.4 Å². The SMILES string of the molecule is CCCCC1CCC(Nc2c(C(C)=O)cnc3ccc(-c4cc(Cl)c(CN=O)c(Cl)c4)cc23)CC1. The summed E-state index contributed by atoms with van der Waals surface area (Å²) in [5.41, 5.74) is 4.52. The number of pyridine rings is 1. The van der Waals surface area contributed by atoms with Crippen LogP contribution in [-0.4, -0.2) is 16.8 Å². The fourth-order valence-corrected chi connectivity index (χ4v) is 5.68. The minimum absolute atomic E-state index is 0.0132. The Balaban J connectivity index is 1.69. The Morgan fingerprint density at radius 2 is 1.80 bits per heavy atom. The first-order chi connectivity index (χ1) is 16.9. The first kappa shape index (κ1) is 25.6. The number of hydrogen-bond donors (Lipinski definition) is 1. The number of hydrogen-bond acceptors (Lipinski definition) is 5. The standard InChI is InChI=1S/C28H31Cl2N3O2/c1-3-4-5-18-6-9-21(10-7-18)33-28-22-12-19(8-11-27(22)31-15-23(28)17(2)34)20-13-25(29)24(16-32-35)26(30)14-20/h8,11-15,18,21H,3-7,9-10,16H2,1-2H3,(H,31,33). The molecule has 0 bridgehead atoms. The summed E-state index contributed by atoms with van der Waals surface area (Å²) >= 11 is 12.8. The Labute approximate surface area is 216 Å². The molecule has 0 aliphatic heterocycles. The van der Waals surface area contributed by atoms with E-state index < -0.39 is 0 Å². The second-order valence-corrected chi connectivity index (χ2v) is 10.4. The van der Waals surface area contributed by atoms with Crippen LogP contribution in [0.5, 0.6) is 0 Å². The molecule has 1 aliphatic rings. The van der Waals surface area contributed by atoms with Crippen molar-refractivity contribution in [3.05, 3.63) is 62.6 Å². The summed E-state index contributed by atoms with van der Waals surface area (Å²) in [5, 5.41) is 8.34. The van der Waals surface area contributed by atoms with Crippen LogP contribution in [0, 0.1) is 10.8 Å². The lowest BCUT2D eigenvalue weighted by molar-refractivity contribution is 0.101. The van der Waals surface area contributed by atoms with Gasteiger partial charge in [0, 0.05) is 33.2 Å². The Morgan fingerprint density at radius 3 is 2.43 bits per heavy atom. The minimum atomic E-state index is -0.0731. The molecular formula is C28H31Cl2N3O2. The lowest BCUT2D eigenvalue weighted by Gasteiger charge is -2.30. The van der Waals surface area contributed by atoms with Gasteiger partial charge in [0.25, 0.3) is 0 Å². The summed E-state index contributed by atoms with van der Waals surface area (Å²) in [6, 6.07) is 9.86. The van der Waals surface area contributed by atoms with Gasteiger partial charge >= 0.3 is 0 Å². The second kappa shape index (κ2) is 11.5. The number of halogens is 2. The van der Waals surface area contributed by atoms with E-state index in [9.17, 15) is 9.70 Å². The first-order valence-electron chi connectivity index (χ1n) is 12.4. The number of nitrogens with one attached hydrogen (secondary N) is 1. The summed E-state index contributed by atoms with van der Waals surface area (Å²) in [6.45, 7) is 3.76. The van der Waals surface area contributed by atoms with Crippen molar-refractivity contribution in [3.8, 4) is 11.1 Å². The van der Waals surface area contributed by atoms with Crippen LogP contribution in [0.25, 0.3) is 22.0 Å². The van der Waals surface area contributed by atoms with E-state index in [0.717, 1.165) is 46.5 Å². The molecule has 0 atom stereocenters. The minimum Gasteiger partial charge on any atom is -0.381 e. The zero-order valence-corrected chi connectivity index (χ0v) is 21.8. The molecule has 35 heavy (non-hydrogen) atoms. The number of ketones is 1. The zero-order valence-electron chi connectivity index (χ0n) is 20.2. The van der Waals surface area contributed by atoms with Gasteiger partial charge in [0.2, 0.25) is 0 Å². The number of anilines is 1. The predicted octanol–water partition coefficient (Wildman–Crippen LogP) is 8.84. The predicted molar refractivity (Wildman–Crippen MR) is 146 cm³/mol. The lowest BCUT2D eigenvalue weighted by atomic mass is 9.83. The highest BCUT2D eigenvalue weighted by Crippen LogP contribution is 2.37. The molecule has 2 aromatic carbocycles. The van der Waals surface area contributed by atoms with E-state index in [-0.39, 0.29) is 12.3 Å². The molecule has 1 heterocycles. The first-order valence-corrected chi connectivity index (χ1v) is 13.1. The maximum atomic E-state index is 12.5. The van der Waals surface area contributed by atoms with E-state index in [1.54, 1.807) is 25.3 Å². The Morgan fingerprint density at radius 1 is 1.09 bits per heavy atom. The van der Waals surface area contributed by atoms with Gasteiger partial charge < -0.3 is 5.32 Å². The Bertz CT molecular complexity index is 1210. The maximum absolute atomic E-state index is 12.5. The van der Waals surface area contributed by atoms with Crippen LogP contribution in [0.2, 0.25) is 10.0 Å². The molecule has 1 N–H and O–H groups in total. The number of unbranched alkanes of at least 4 members (excludes halogenated alkanes) is 1. The highest BCUT2D eigenvalue weighted by Gasteiger charge is 2.23. The molecular weight excluding hydrogens is 481 g/mol. The molecule has 0 amide bonds. The average Bonchev–Trinajstić information content (AvgIpc) is 2.85. The number of aromatic nitrogens is 1. The van der Waals surface area contributed by atoms with E-state index in [0.29, 0.717) is 27.2 Å². The van der Waals surface area contributed by atoms with Gasteiger partial charge in [0.15, 0.2) is 5.78 Å². The van der Waals surface area contributed by atoms with Gasteiger partial charge in [-0.15, -0.1) is 0 Å². The number of carbonyl (C=O) groups excluding carboxylic acids is 1. The van der Waals surface area contributed by atoms with Crippen molar-refractivity contribution in [1.29, 1.82) is 0 Å². The molecule has 0 radical (unpaired) electrons. The molecule has 0 unspecified atom stereocenters. The van der Waals surface area contributed by atoms with E-state index in [1.807, 2.05) is 18.2 Å². The van der Waals surface area contributed by atoms with E-state index in [2.05, 4.69) is 22.4 Å². The fraction of sp³-hybridized carbons (Fsp3) is 0.429. The van der Waals surface area contributed by atoms with Crippen molar-refractivity contribution in [3.63, 3.8) is 0 Å². The van der Waals surface area contributed by atoms with Crippen molar-refractivity contribution in [2.45, 2.75) is 71.4 Å². The van der Waals surface area contributed by atoms with E-state index in [4.69, 9.17) is 23.2 Å². The normalized spacial score (nSPS) is 17.9. The third-order valence-corrected chi connectivity index (χ3v) is 7.78. The third-order valence-electron chi connectivity index (χ3n) is 7.11. The summed E-state index contributed by atoms with van der Waals surface area (Å²) in [4.78, 5) is 27.8. The molecule has 1 aliphatic carbocycles. The van der Waals surface area contributed by atoms with Crippen molar-refractivity contribution in [2.75, 3.05) is 5.32 Å². The number of carbonyl (C=O) groups is 1. The largest absolute Gasteiger partial charge is 0.381 e. The lowest BCUT2D eigenvalue weighted by Crippen LogP contribution is -2.27. The third kappa shape index (κ3) is 5.84. The van der Waals surface area contributed by atoms with Crippen LogP contribution in [0.4, 0.5) is 5.69 Å². The van der Waals surface area contributed by atoms with Crippen LogP contribution in [0.3, 0.4) is 0 Å². The van der Waals surface area contributed by atoms with E-state index in [1.165, 1.54) is 32.1 Å². The number of fused-ring (bicyclic) bond motifs is 1. The number of nitrogens with zero attached hydrogens (tertiary/aromatic N) is 2. The summed E-state index contributed by atoms with van der Waals surface area (Å²) in [6.07, 6.45) is 10.2. The highest BCUT2D eigenvalue weighted by atomic mass is 35.5. The van der Waals surface area contributed by atoms with Crippen LogP contribution in [0.15, 0.2) is 41.7 Å². The van der Waals surface area contributed by atoms with Crippen molar-refractivity contribution >= 4 is 45.6 Å². The Hall–Kier alpha value is -2.50. The molecule has 3 aromatic rings. The van der Waals surface area contributed by atoms with Gasteiger partial charge in [0.1, 0.15) is 6.54 Å². The number of rotatable bonds is 9. The molecule has 5 nitrogen and oxygen atoms in total. The molecule has 1 aromatic heterocycles. The van der Waals surface area contributed by atoms with Crippen LogP contribution < -0.4 is 5.32 Å². The monoisotopic (exact) mass is 511 g/mol. The van der Waals surface area contributed by atoms with Crippen molar-refractivity contribution < 1.29 is 4.79 Å². The van der Waals surface area contributed by atoms with Crippen molar-refractivity contribution in [2.24, 2.45) is 11.1 Å². The summed E-state index contributed by atoms with van der Waals surface area (Å²) < 4.78 is 0. The molecule has 184 valence electrons. The number of nitroso groups, excluding NO2 is 1. The van der Waals surface area contributed by atoms with Gasteiger partial charge in [-0.05, 0) is 73.9 Å².